The largest absolute Gasteiger partial charge is 0.370 e. The molecule has 4 heteroatoms. The summed E-state index contributed by atoms with van der Waals surface area (Å²) in [5, 5.41) is 3.39. The van der Waals surface area contributed by atoms with Crippen LogP contribution in [0.1, 0.15) is 65.4 Å². The monoisotopic (exact) mass is 276 g/mol. The van der Waals surface area contributed by atoms with Gasteiger partial charge in [-0.25, -0.2) is 9.97 Å². The fourth-order valence-corrected chi connectivity index (χ4v) is 3.29. The third-order valence-corrected chi connectivity index (χ3v) is 4.29. The SMILES string of the molecule is CCNc1ncnc(N2C(C)CCC2CC)c1C(C)C. The van der Waals surface area contributed by atoms with Crippen LogP contribution in [0.2, 0.25) is 0 Å². The molecule has 4 nitrogen and oxygen atoms in total. The molecule has 1 fully saturated rings. The standard InChI is InChI=1S/C16H28N4/c1-6-13-9-8-12(5)20(13)16-14(11(3)4)15(17-7-2)18-10-19-16/h10-13H,6-9H2,1-5H3,(H,17,18,19). The Hall–Kier alpha value is -1.32. The number of aromatic nitrogens is 2. The van der Waals surface area contributed by atoms with E-state index in [1.165, 1.54) is 24.8 Å². The highest BCUT2D eigenvalue weighted by Crippen LogP contribution is 2.37. The lowest BCUT2D eigenvalue weighted by Crippen LogP contribution is -2.36. The van der Waals surface area contributed by atoms with E-state index in [-0.39, 0.29) is 0 Å². The number of anilines is 2. The van der Waals surface area contributed by atoms with Gasteiger partial charge in [0, 0.05) is 24.2 Å². The van der Waals surface area contributed by atoms with Crippen LogP contribution >= 0.6 is 0 Å². The molecular formula is C16H28N4. The molecule has 2 rings (SSSR count). The van der Waals surface area contributed by atoms with Gasteiger partial charge in [-0.1, -0.05) is 20.8 Å². The average Bonchev–Trinajstić information content (AvgIpc) is 2.79. The van der Waals surface area contributed by atoms with E-state index in [0.29, 0.717) is 18.0 Å². The lowest BCUT2D eigenvalue weighted by molar-refractivity contribution is 0.614. The second-order valence-electron chi connectivity index (χ2n) is 6.04. The lowest BCUT2D eigenvalue weighted by Gasteiger charge is -2.32. The number of hydrogen-bond donors (Lipinski definition) is 1. The zero-order valence-corrected chi connectivity index (χ0v) is 13.5. The van der Waals surface area contributed by atoms with E-state index in [0.717, 1.165) is 18.2 Å². The molecular weight excluding hydrogens is 248 g/mol. The summed E-state index contributed by atoms with van der Waals surface area (Å²) < 4.78 is 0. The summed E-state index contributed by atoms with van der Waals surface area (Å²) in [6.45, 7) is 12.0. The van der Waals surface area contributed by atoms with Crippen LogP contribution in [0, 0.1) is 0 Å². The smallest absolute Gasteiger partial charge is 0.138 e. The van der Waals surface area contributed by atoms with E-state index >= 15 is 0 Å². The van der Waals surface area contributed by atoms with Crippen molar-refractivity contribution in [3.8, 4) is 0 Å². The highest BCUT2D eigenvalue weighted by molar-refractivity contribution is 5.61. The van der Waals surface area contributed by atoms with Crippen molar-refractivity contribution in [1.29, 1.82) is 0 Å². The van der Waals surface area contributed by atoms with E-state index in [4.69, 9.17) is 0 Å². The van der Waals surface area contributed by atoms with Gasteiger partial charge in [-0.05, 0) is 39.0 Å². The van der Waals surface area contributed by atoms with Crippen molar-refractivity contribution in [2.75, 3.05) is 16.8 Å². The fourth-order valence-electron chi connectivity index (χ4n) is 3.29. The molecule has 1 aromatic rings. The Labute approximate surface area is 123 Å². The summed E-state index contributed by atoms with van der Waals surface area (Å²) in [4.78, 5) is 11.6. The molecule has 0 aromatic carbocycles. The molecule has 2 atom stereocenters. The molecule has 1 N–H and O–H groups in total. The quantitative estimate of drug-likeness (QED) is 0.888. The van der Waals surface area contributed by atoms with Crippen LogP contribution in [0.4, 0.5) is 11.6 Å². The number of hydrogen-bond acceptors (Lipinski definition) is 4. The maximum atomic E-state index is 4.65. The molecule has 20 heavy (non-hydrogen) atoms. The number of nitrogens with one attached hydrogen (secondary N) is 1. The van der Waals surface area contributed by atoms with Crippen LogP contribution in [0.3, 0.4) is 0 Å². The summed E-state index contributed by atoms with van der Waals surface area (Å²) in [7, 11) is 0. The normalized spacial score (nSPS) is 22.6. The first-order chi connectivity index (χ1) is 9.60. The van der Waals surface area contributed by atoms with Crippen LogP contribution in [-0.2, 0) is 0 Å². The van der Waals surface area contributed by atoms with E-state index in [9.17, 15) is 0 Å². The molecule has 0 saturated carbocycles. The van der Waals surface area contributed by atoms with Gasteiger partial charge in [0.1, 0.15) is 18.0 Å². The minimum Gasteiger partial charge on any atom is -0.370 e. The molecule has 1 aliphatic heterocycles. The van der Waals surface area contributed by atoms with Gasteiger partial charge < -0.3 is 10.2 Å². The summed E-state index contributed by atoms with van der Waals surface area (Å²) in [5.41, 5.74) is 1.27. The van der Waals surface area contributed by atoms with Crippen molar-refractivity contribution in [2.24, 2.45) is 0 Å². The van der Waals surface area contributed by atoms with Crippen molar-refractivity contribution in [3.05, 3.63) is 11.9 Å². The Morgan fingerprint density at radius 1 is 1.30 bits per heavy atom. The molecule has 112 valence electrons. The Balaban J connectivity index is 2.47. The first-order valence-corrected chi connectivity index (χ1v) is 7.97. The van der Waals surface area contributed by atoms with Gasteiger partial charge in [-0.3, -0.25) is 0 Å². The van der Waals surface area contributed by atoms with Gasteiger partial charge in [-0.2, -0.15) is 0 Å². The molecule has 2 heterocycles. The highest BCUT2D eigenvalue weighted by Gasteiger charge is 2.33. The molecule has 0 bridgehead atoms. The van der Waals surface area contributed by atoms with Gasteiger partial charge in [0.2, 0.25) is 0 Å². The van der Waals surface area contributed by atoms with E-state index in [1.807, 2.05) is 0 Å². The van der Waals surface area contributed by atoms with Gasteiger partial charge in [-0.15, -0.1) is 0 Å². The van der Waals surface area contributed by atoms with E-state index in [1.54, 1.807) is 6.33 Å². The van der Waals surface area contributed by atoms with Crippen molar-refractivity contribution >= 4 is 11.6 Å². The lowest BCUT2D eigenvalue weighted by atomic mass is 10.0. The summed E-state index contributed by atoms with van der Waals surface area (Å²) in [6.07, 6.45) is 5.42. The summed E-state index contributed by atoms with van der Waals surface area (Å²) in [5.74, 6) is 2.56. The van der Waals surface area contributed by atoms with Crippen molar-refractivity contribution < 1.29 is 0 Å². The number of nitrogens with zero attached hydrogens (tertiary/aromatic N) is 3. The van der Waals surface area contributed by atoms with E-state index in [2.05, 4.69) is 54.8 Å². The van der Waals surface area contributed by atoms with Crippen molar-refractivity contribution in [1.82, 2.24) is 9.97 Å². The van der Waals surface area contributed by atoms with Crippen LogP contribution < -0.4 is 10.2 Å². The maximum absolute atomic E-state index is 4.65. The Morgan fingerprint density at radius 3 is 2.65 bits per heavy atom. The Kier molecular flexibility index (Phi) is 4.84. The molecule has 2 unspecified atom stereocenters. The predicted octanol–water partition coefficient (Wildman–Crippen LogP) is 3.80. The molecule has 0 spiro atoms. The third kappa shape index (κ3) is 2.74. The Bertz CT molecular complexity index is 444. The molecule has 1 aliphatic rings. The maximum Gasteiger partial charge on any atom is 0.138 e. The number of rotatable bonds is 5. The summed E-state index contributed by atoms with van der Waals surface area (Å²) in [6, 6.07) is 1.19. The van der Waals surface area contributed by atoms with Crippen LogP contribution in [-0.4, -0.2) is 28.6 Å². The minimum absolute atomic E-state index is 0.422. The zero-order valence-electron chi connectivity index (χ0n) is 13.5. The van der Waals surface area contributed by atoms with Gasteiger partial charge in [0.05, 0.1) is 0 Å². The van der Waals surface area contributed by atoms with Crippen LogP contribution in [0.15, 0.2) is 6.33 Å². The van der Waals surface area contributed by atoms with Crippen molar-refractivity contribution in [2.45, 2.75) is 71.9 Å². The molecule has 0 aliphatic carbocycles. The predicted molar refractivity (Wildman–Crippen MR) is 85.5 cm³/mol. The topological polar surface area (TPSA) is 41.1 Å². The van der Waals surface area contributed by atoms with Crippen molar-refractivity contribution in [3.63, 3.8) is 0 Å². The van der Waals surface area contributed by atoms with E-state index < -0.39 is 0 Å². The van der Waals surface area contributed by atoms with Crippen LogP contribution in [0.25, 0.3) is 0 Å². The zero-order chi connectivity index (χ0) is 14.7. The third-order valence-electron chi connectivity index (χ3n) is 4.29. The highest BCUT2D eigenvalue weighted by atomic mass is 15.3. The summed E-state index contributed by atoms with van der Waals surface area (Å²) >= 11 is 0. The van der Waals surface area contributed by atoms with Gasteiger partial charge in [0.15, 0.2) is 0 Å². The van der Waals surface area contributed by atoms with Gasteiger partial charge in [0.25, 0.3) is 0 Å². The first-order valence-electron chi connectivity index (χ1n) is 7.97. The average molecular weight is 276 g/mol. The molecule has 1 saturated heterocycles. The van der Waals surface area contributed by atoms with Crippen LogP contribution in [0.5, 0.6) is 0 Å². The second kappa shape index (κ2) is 6.42. The molecule has 1 aromatic heterocycles. The fraction of sp³-hybridized carbons (Fsp3) is 0.750. The molecule has 0 amide bonds. The molecule has 0 radical (unpaired) electrons. The minimum atomic E-state index is 0.422. The second-order valence-corrected chi connectivity index (χ2v) is 6.04. The Morgan fingerprint density at radius 2 is 2.05 bits per heavy atom. The van der Waals surface area contributed by atoms with Gasteiger partial charge >= 0.3 is 0 Å². The first kappa shape index (κ1) is 15.1.